The zero-order valence-electron chi connectivity index (χ0n) is 18.0. The summed E-state index contributed by atoms with van der Waals surface area (Å²) in [5.74, 6) is 0. The van der Waals surface area contributed by atoms with Crippen molar-refractivity contribution < 1.29 is 0 Å². The van der Waals surface area contributed by atoms with E-state index in [1.54, 1.807) is 6.08 Å². The Kier molecular flexibility index (Phi) is 5.89. The molecule has 0 aliphatic carbocycles. The Bertz CT molecular complexity index is 1190. The van der Waals surface area contributed by atoms with Crippen LogP contribution in [0.2, 0.25) is 0 Å². The molecule has 1 aromatic heterocycles. The molecule has 0 saturated heterocycles. The lowest BCUT2D eigenvalue weighted by atomic mass is 10.1. The average molecular weight is 416 g/mol. The molecule has 0 atom stereocenters. The van der Waals surface area contributed by atoms with E-state index in [0.29, 0.717) is 0 Å². The van der Waals surface area contributed by atoms with Crippen molar-refractivity contribution in [3.8, 4) is 11.3 Å². The maximum atomic E-state index is 4.23. The minimum absolute atomic E-state index is 1.01. The molecular formula is C26H29N3S. The van der Waals surface area contributed by atoms with Crippen LogP contribution in [0.1, 0.15) is 12.0 Å². The molecule has 0 amide bonds. The van der Waals surface area contributed by atoms with Crippen LogP contribution in [0.15, 0.2) is 64.9 Å². The van der Waals surface area contributed by atoms with Gasteiger partial charge in [-0.1, -0.05) is 49.2 Å². The maximum absolute atomic E-state index is 4.23. The van der Waals surface area contributed by atoms with Crippen molar-refractivity contribution >= 4 is 35.8 Å². The minimum atomic E-state index is 1.01. The Hall–Kier alpha value is -2.69. The summed E-state index contributed by atoms with van der Waals surface area (Å²) in [7, 11) is 4.27. The van der Waals surface area contributed by atoms with Crippen LogP contribution in [0.3, 0.4) is 0 Å². The molecule has 0 spiro atoms. The highest BCUT2D eigenvalue weighted by atomic mass is 32.2. The number of hydrogen-bond donors (Lipinski definition) is 1. The number of aromatic nitrogens is 1. The first-order valence-corrected chi connectivity index (χ1v) is 11.1. The van der Waals surface area contributed by atoms with Crippen LogP contribution in [-0.4, -0.2) is 37.1 Å². The molecule has 154 valence electrons. The zero-order valence-corrected chi connectivity index (χ0v) is 18.9. The Balaban J connectivity index is 1.75. The fraction of sp³-hybridized carbons (Fsp3) is 0.231. The number of nitrogens with one attached hydrogen (secondary N) is 1. The van der Waals surface area contributed by atoms with Gasteiger partial charge in [0.1, 0.15) is 0 Å². The van der Waals surface area contributed by atoms with E-state index in [4.69, 9.17) is 0 Å². The van der Waals surface area contributed by atoms with Gasteiger partial charge in [0.25, 0.3) is 0 Å². The molecular weight excluding hydrogens is 386 g/mol. The van der Waals surface area contributed by atoms with Gasteiger partial charge >= 0.3 is 0 Å². The van der Waals surface area contributed by atoms with E-state index < -0.39 is 0 Å². The Morgan fingerprint density at radius 1 is 1.10 bits per heavy atom. The molecule has 0 unspecified atom stereocenters. The van der Waals surface area contributed by atoms with E-state index in [0.717, 1.165) is 35.8 Å². The van der Waals surface area contributed by atoms with E-state index in [-0.39, 0.29) is 0 Å². The molecule has 1 aliphatic rings. The van der Waals surface area contributed by atoms with E-state index in [9.17, 15) is 0 Å². The second-order valence-corrected chi connectivity index (χ2v) is 9.06. The molecule has 0 fully saturated rings. The summed E-state index contributed by atoms with van der Waals surface area (Å²) >= 11 is 1.86. The predicted molar refractivity (Wildman–Crippen MR) is 131 cm³/mol. The van der Waals surface area contributed by atoms with Crippen LogP contribution in [-0.2, 0) is 0 Å². The van der Waals surface area contributed by atoms with Gasteiger partial charge in [-0.2, -0.15) is 0 Å². The highest BCUT2D eigenvalue weighted by Crippen LogP contribution is 2.49. The van der Waals surface area contributed by atoms with Crippen LogP contribution in [0, 0.1) is 6.92 Å². The number of rotatable bonds is 6. The Morgan fingerprint density at radius 3 is 2.63 bits per heavy atom. The molecule has 4 rings (SSSR count). The second-order valence-electron chi connectivity index (χ2n) is 7.98. The van der Waals surface area contributed by atoms with E-state index in [1.807, 2.05) is 17.8 Å². The summed E-state index contributed by atoms with van der Waals surface area (Å²) in [5.41, 5.74) is 6.11. The molecule has 3 aromatic rings. The monoisotopic (exact) mass is 415 g/mol. The average Bonchev–Trinajstić information content (AvgIpc) is 3.01. The van der Waals surface area contributed by atoms with Crippen molar-refractivity contribution in [1.82, 2.24) is 9.88 Å². The second kappa shape index (κ2) is 8.58. The summed E-state index contributed by atoms with van der Waals surface area (Å²) in [6.07, 6.45) is 4.90. The summed E-state index contributed by atoms with van der Waals surface area (Å²) in [6, 6.07) is 15.5. The lowest BCUT2D eigenvalue weighted by Crippen LogP contribution is -2.25. The highest BCUT2D eigenvalue weighted by molar-refractivity contribution is 7.99. The Morgan fingerprint density at radius 2 is 1.87 bits per heavy atom. The molecule has 4 heteroatoms. The third kappa shape index (κ3) is 3.85. The van der Waals surface area contributed by atoms with Crippen LogP contribution in [0.4, 0.5) is 11.4 Å². The van der Waals surface area contributed by atoms with Gasteiger partial charge in [0.05, 0.1) is 11.4 Å². The summed E-state index contributed by atoms with van der Waals surface area (Å²) in [5, 5.41) is 2.06. The number of nitrogens with zero attached hydrogens (tertiary/aromatic N) is 2. The van der Waals surface area contributed by atoms with Gasteiger partial charge in [0.2, 0.25) is 0 Å². The molecule has 3 nitrogen and oxygen atoms in total. The quantitative estimate of drug-likeness (QED) is 0.618. The van der Waals surface area contributed by atoms with Gasteiger partial charge in [-0.15, -0.1) is 0 Å². The molecule has 0 radical (unpaired) electrons. The van der Waals surface area contributed by atoms with Gasteiger partial charge < -0.3 is 14.8 Å². The number of hydrogen-bond acceptors (Lipinski definition) is 3. The third-order valence-electron chi connectivity index (χ3n) is 5.60. The van der Waals surface area contributed by atoms with Gasteiger partial charge in [0, 0.05) is 27.4 Å². The fourth-order valence-electron chi connectivity index (χ4n) is 3.98. The smallest absolute Gasteiger partial charge is 0.0553 e. The standard InChI is InChI=1S/C26H29N3S/c1-6-10-21-18(2)19(3)26(27-21)20-13-14-23-25(17-20)30-24-12-8-7-11-22(24)29(23)16-9-15-28(4)5/h6-8,10-14,17,27H,1-2,9,15-16H2,3-5H3/b21-10+. The van der Waals surface area contributed by atoms with Gasteiger partial charge in [0.15, 0.2) is 0 Å². The maximum Gasteiger partial charge on any atom is 0.0553 e. The van der Waals surface area contributed by atoms with Gasteiger partial charge in [-0.3, -0.25) is 0 Å². The molecule has 2 aromatic carbocycles. The molecule has 1 N–H and O–H groups in total. The SMILES string of the molecule is C=C/C=c1/[nH]c(-c2ccc3c(c2)Sc2ccccc2N3CCCN(C)C)c(C)c1=C. The van der Waals surface area contributed by atoms with Gasteiger partial charge in [-0.25, -0.2) is 0 Å². The first-order chi connectivity index (χ1) is 14.5. The normalized spacial score (nSPS) is 13.5. The first-order valence-electron chi connectivity index (χ1n) is 10.3. The zero-order chi connectivity index (χ0) is 21.3. The molecule has 0 saturated carbocycles. The van der Waals surface area contributed by atoms with Crippen LogP contribution in [0.5, 0.6) is 0 Å². The number of para-hydroxylation sites is 1. The molecule has 2 heterocycles. The lowest BCUT2D eigenvalue weighted by Gasteiger charge is -2.33. The van der Waals surface area contributed by atoms with Crippen LogP contribution >= 0.6 is 11.8 Å². The number of H-pyrrole nitrogens is 1. The lowest BCUT2D eigenvalue weighted by molar-refractivity contribution is 0.402. The minimum Gasteiger partial charge on any atom is -0.354 e. The first kappa shape index (κ1) is 20.6. The number of fused-ring (bicyclic) bond motifs is 2. The molecule has 0 bridgehead atoms. The van der Waals surface area contributed by atoms with Crippen molar-refractivity contribution in [2.24, 2.45) is 0 Å². The summed E-state index contributed by atoms with van der Waals surface area (Å²) < 4.78 is 0. The van der Waals surface area contributed by atoms with E-state index >= 15 is 0 Å². The number of aromatic amines is 1. The summed E-state index contributed by atoms with van der Waals surface area (Å²) in [4.78, 5) is 10.9. The highest BCUT2D eigenvalue weighted by Gasteiger charge is 2.23. The van der Waals surface area contributed by atoms with E-state index in [1.165, 1.54) is 32.3 Å². The molecule has 1 aliphatic heterocycles. The number of anilines is 2. The topological polar surface area (TPSA) is 22.3 Å². The fourth-order valence-corrected chi connectivity index (χ4v) is 5.12. The van der Waals surface area contributed by atoms with Crippen molar-refractivity contribution in [1.29, 1.82) is 0 Å². The van der Waals surface area contributed by atoms with Crippen molar-refractivity contribution in [3.05, 3.63) is 71.3 Å². The van der Waals surface area contributed by atoms with Crippen LogP contribution < -0.4 is 15.5 Å². The number of allylic oxidation sites excluding steroid dienone is 1. The predicted octanol–water partition coefficient (Wildman–Crippen LogP) is 4.92. The van der Waals surface area contributed by atoms with Crippen molar-refractivity contribution in [2.75, 3.05) is 32.1 Å². The Labute approximate surface area is 183 Å². The molecule has 30 heavy (non-hydrogen) atoms. The largest absolute Gasteiger partial charge is 0.354 e. The summed E-state index contributed by atoms with van der Waals surface area (Å²) in [6.45, 7) is 12.3. The number of benzene rings is 2. The van der Waals surface area contributed by atoms with Crippen molar-refractivity contribution in [2.45, 2.75) is 23.1 Å². The third-order valence-corrected chi connectivity index (χ3v) is 6.71. The van der Waals surface area contributed by atoms with Gasteiger partial charge in [-0.05, 0) is 80.7 Å². The van der Waals surface area contributed by atoms with Crippen LogP contribution in [0.25, 0.3) is 23.9 Å². The van der Waals surface area contributed by atoms with Crippen molar-refractivity contribution in [3.63, 3.8) is 0 Å². The van der Waals surface area contributed by atoms with E-state index in [2.05, 4.69) is 91.4 Å².